The number of ether oxygens (including phenoxy) is 2. The Labute approximate surface area is 169 Å². The maximum Gasteiger partial charge on any atom is 0.325 e. The van der Waals surface area contributed by atoms with Gasteiger partial charge in [0.05, 0.1) is 18.4 Å². The van der Waals surface area contributed by atoms with Crippen molar-refractivity contribution in [2.75, 3.05) is 7.11 Å². The van der Waals surface area contributed by atoms with Gasteiger partial charge in [0.15, 0.2) is 11.5 Å². The highest BCUT2D eigenvalue weighted by molar-refractivity contribution is 5.75. The Hall–Kier alpha value is -3.32. The van der Waals surface area contributed by atoms with Gasteiger partial charge >= 0.3 is 5.97 Å². The van der Waals surface area contributed by atoms with Crippen molar-refractivity contribution in [1.29, 1.82) is 0 Å². The van der Waals surface area contributed by atoms with Crippen molar-refractivity contribution in [3.8, 4) is 11.5 Å². The molecule has 29 heavy (non-hydrogen) atoms. The molecule has 0 saturated heterocycles. The van der Waals surface area contributed by atoms with Crippen molar-refractivity contribution in [3.63, 3.8) is 0 Å². The number of carboxylic acids is 1. The van der Waals surface area contributed by atoms with Crippen LogP contribution in [0.3, 0.4) is 0 Å². The van der Waals surface area contributed by atoms with E-state index in [0.717, 1.165) is 22.6 Å². The fourth-order valence-corrected chi connectivity index (χ4v) is 3.01. The molecule has 2 N–H and O–H groups in total. The number of carboxylic acid groups (broad SMARTS) is 1. The summed E-state index contributed by atoms with van der Waals surface area (Å²) in [4.78, 5) is 11.6. The molecule has 0 unspecified atom stereocenters. The summed E-state index contributed by atoms with van der Waals surface area (Å²) in [5.74, 6) is 0.960. The minimum absolute atomic E-state index is 0.324. The maximum absolute atomic E-state index is 11.6. The van der Waals surface area contributed by atoms with Crippen LogP contribution in [0, 0.1) is 13.8 Å². The quantitative estimate of drug-likeness (QED) is 0.568. The second-order valence-corrected chi connectivity index (χ2v) is 6.64. The van der Waals surface area contributed by atoms with E-state index in [4.69, 9.17) is 14.0 Å². The molecule has 1 atom stereocenters. The van der Waals surface area contributed by atoms with Crippen LogP contribution >= 0.6 is 0 Å². The van der Waals surface area contributed by atoms with Gasteiger partial charge in [0.2, 0.25) is 0 Å². The molecule has 152 valence electrons. The topological polar surface area (TPSA) is 93.8 Å². The highest BCUT2D eigenvalue weighted by Crippen LogP contribution is 2.30. The summed E-state index contributed by atoms with van der Waals surface area (Å²) in [6.07, 6.45) is 0. The monoisotopic (exact) mass is 396 g/mol. The molecule has 7 heteroatoms. The molecule has 7 nitrogen and oxygen atoms in total. The standard InChI is InChI=1S/C22H24N2O5/c1-14-18(15(2)29-24-14)13-28-19-10-9-16(11-20(19)27-3)12-23-21(22(25)26)17-7-5-4-6-8-17/h4-11,21,23H,12-13H2,1-3H3,(H,25,26)/t21-/m1/s1. The summed E-state index contributed by atoms with van der Waals surface area (Å²) in [5, 5.41) is 16.5. The molecule has 1 aromatic heterocycles. The van der Waals surface area contributed by atoms with E-state index in [-0.39, 0.29) is 0 Å². The summed E-state index contributed by atoms with van der Waals surface area (Å²) in [5.41, 5.74) is 3.29. The summed E-state index contributed by atoms with van der Waals surface area (Å²) < 4.78 is 16.5. The molecule has 3 rings (SSSR count). The number of hydrogen-bond donors (Lipinski definition) is 2. The van der Waals surface area contributed by atoms with Crippen molar-refractivity contribution < 1.29 is 23.9 Å². The van der Waals surface area contributed by atoms with Crippen molar-refractivity contribution in [2.45, 2.75) is 33.0 Å². The van der Waals surface area contributed by atoms with Crippen LogP contribution < -0.4 is 14.8 Å². The smallest absolute Gasteiger partial charge is 0.325 e. The van der Waals surface area contributed by atoms with E-state index >= 15 is 0 Å². The molecule has 0 fully saturated rings. The molecule has 0 aliphatic rings. The molecule has 0 spiro atoms. The fraction of sp³-hybridized carbons (Fsp3) is 0.273. The number of rotatable bonds is 9. The Morgan fingerprint density at radius 3 is 2.55 bits per heavy atom. The second-order valence-electron chi connectivity index (χ2n) is 6.64. The summed E-state index contributed by atoms with van der Waals surface area (Å²) in [6, 6.07) is 13.8. The van der Waals surface area contributed by atoms with E-state index in [1.165, 1.54) is 0 Å². The first-order valence-corrected chi connectivity index (χ1v) is 9.22. The minimum atomic E-state index is -0.928. The Morgan fingerprint density at radius 2 is 1.93 bits per heavy atom. The van der Waals surface area contributed by atoms with Gasteiger partial charge in [0, 0.05) is 6.54 Å². The van der Waals surface area contributed by atoms with E-state index < -0.39 is 12.0 Å². The first kappa shape index (κ1) is 20.4. The van der Waals surface area contributed by atoms with Gasteiger partial charge in [-0.3, -0.25) is 10.1 Å². The summed E-state index contributed by atoms with van der Waals surface area (Å²) in [7, 11) is 1.57. The van der Waals surface area contributed by atoms with E-state index in [1.807, 2.05) is 50.2 Å². The van der Waals surface area contributed by atoms with E-state index in [1.54, 1.807) is 19.2 Å². The zero-order chi connectivity index (χ0) is 20.8. The van der Waals surface area contributed by atoms with Gasteiger partial charge in [-0.25, -0.2) is 0 Å². The van der Waals surface area contributed by atoms with Crippen LogP contribution in [0.15, 0.2) is 53.1 Å². The van der Waals surface area contributed by atoms with Gasteiger partial charge in [-0.15, -0.1) is 0 Å². The molecule has 0 saturated carbocycles. The van der Waals surface area contributed by atoms with Gasteiger partial charge in [0.1, 0.15) is 18.4 Å². The normalized spacial score (nSPS) is 11.8. The molecule has 0 aliphatic carbocycles. The Bertz CT molecular complexity index is 949. The molecule has 0 bridgehead atoms. The van der Waals surface area contributed by atoms with E-state index in [0.29, 0.717) is 30.2 Å². The molecular weight excluding hydrogens is 372 g/mol. The Morgan fingerprint density at radius 1 is 1.17 bits per heavy atom. The SMILES string of the molecule is COc1cc(CN[C@@H](C(=O)O)c2ccccc2)ccc1OCc1c(C)noc1C. The lowest BCUT2D eigenvalue weighted by molar-refractivity contribution is -0.139. The Kier molecular flexibility index (Phi) is 6.51. The lowest BCUT2D eigenvalue weighted by Crippen LogP contribution is -2.28. The summed E-state index contributed by atoms with van der Waals surface area (Å²) >= 11 is 0. The van der Waals surface area contributed by atoms with Crippen molar-refractivity contribution >= 4 is 5.97 Å². The number of carbonyl (C=O) groups is 1. The van der Waals surface area contributed by atoms with Crippen LogP contribution in [-0.2, 0) is 17.9 Å². The van der Waals surface area contributed by atoms with Gasteiger partial charge in [-0.05, 0) is 37.1 Å². The number of nitrogens with one attached hydrogen (secondary N) is 1. The first-order valence-electron chi connectivity index (χ1n) is 9.22. The molecule has 0 amide bonds. The number of aliphatic carboxylic acids is 1. The van der Waals surface area contributed by atoms with Crippen LogP contribution in [-0.4, -0.2) is 23.3 Å². The molecule has 2 aromatic carbocycles. The average Bonchev–Trinajstić information content (AvgIpc) is 3.05. The van der Waals surface area contributed by atoms with Crippen LogP contribution in [0.25, 0.3) is 0 Å². The average molecular weight is 396 g/mol. The summed E-state index contributed by atoms with van der Waals surface area (Å²) in [6.45, 7) is 4.40. The minimum Gasteiger partial charge on any atom is -0.493 e. The predicted molar refractivity (Wildman–Crippen MR) is 107 cm³/mol. The van der Waals surface area contributed by atoms with Crippen LogP contribution in [0.1, 0.15) is 34.2 Å². The largest absolute Gasteiger partial charge is 0.493 e. The maximum atomic E-state index is 11.6. The number of methoxy groups -OCH3 is 1. The number of hydrogen-bond acceptors (Lipinski definition) is 6. The van der Waals surface area contributed by atoms with Gasteiger partial charge in [0.25, 0.3) is 0 Å². The highest BCUT2D eigenvalue weighted by atomic mass is 16.5. The van der Waals surface area contributed by atoms with Crippen LogP contribution in [0.2, 0.25) is 0 Å². The highest BCUT2D eigenvalue weighted by Gasteiger charge is 2.19. The number of benzene rings is 2. The number of aryl methyl sites for hydroxylation is 2. The van der Waals surface area contributed by atoms with Crippen LogP contribution in [0.4, 0.5) is 0 Å². The second kappa shape index (κ2) is 9.25. The number of nitrogens with zero attached hydrogens (tertiary/aromatic N) is 1. The van der Waals surface area contributed by atoms with Crippen molar-refractivity contribution in [1.82, 2.24) is 10.5 Å². The molecule has 3 aromatic rings. The zero-order valence-corrected chi connectivity index (χ0v) is 16.6. The van der Waals surface area contributed by atoms with Gasteiger partial charge < -0.3 is 19.1 Å². The van der Waals surface area contributed by atoms with Crippen molar-refractivity contribution in [2.24, 2.45) is 0 Å². The predicted octanol–water partition coefficient (Wildman–Crippen LogP) is 3.79. The van der Waals surface area contributed by atoms with Gasteiger partial charge in [-0.1, -0.05) is 41.6 Å². The first-order chi connectivity index (χ1) is 14.0. The molecule has 0 radical (unpaired) electrons. The molecular formula is C22H24N2O5. The number of aromatic nitrogens is 1. The van der Waals surface area contributed by atoms with Crippen LogP contribution in [0.5, 0.6) is 11.5 Å². The van der Waals surface area contributed by atoms with Gasteiger partial charge in [-0.2, -0.15) is 0 Å². The fourth-order valence-electron chi connectivity index (χ4n) is 3.01. The molecule has 1 heterocycles. The third-order valence-corrected chi connectivity index (χ3v) is 4.67. The lowest BCUT2D eigenvalue weighted by atomic mass is 10.1. The lowest BCUT2D eigenvalue weighted by Gasteiger charge is -2.16. The zero-order valence-electron chi connectivity index (χ0n) is 16.6. The van der Waals surface area contributed by atoms with E-state index in [2.05, 4.69) is 10.5 Å². The van der Waals surface area contributed by atoms with Crippen molar-refractivity contribution in [3.05, 3.63) is 76.7 Å². The van der Waals surface area contributed by atoms with E-state index in [9.17, 15) is 9.90 Å². The third-order valence-electron chi connectivity index (χ3n) is 4.67. The third kappa shape index (κ3) is 4.94. The Balaban J connectivity index is 1.69. The molecule has 0 aliphatic heterocycles.